The summed E-state index contributed by atoms with van der Waals surface area (Å²) in [7, 11) is 0. The predicted molar refractivity (Wildman–Crippen MR) is 69.3 cm³/mol. The number of nitrogens with one attached hydrogen (secondary N) is 1. The Bertz CT molecular complexity index is 475. The first kappa shape index (κ1) is 16.8. The predicted octanol–water partition coefficient (Wildman–Crippen LogP) is 3.04. The van der Waals surface area contributed by atoms with Crippen LogP contribution in [0.1, 0.15) is 30.9 Å². The van der Waals surface area contributed by atoms with E-state index in [1.54, 1.807) is 0 Å². The molecule has 2 unspecified atom stereocenters. The molecule has 112 valence electrons. The molecule has 20 heavy (non-hydrogen) atoms. The lowest BCUT2D eigenvalue weighted by atomic mass is 9.86. The first-order chi connectivity index (χ1) is 8.97. The van der Waals surface area contributed by atoms with Crippen LogP contribution in [-0.2, 0) is 4.79 Å². The van der Waals surface area contributed by atoms with Crippen LogP contribution in [0.4, 0.5) is 13.2 Å². The number of carbonyl (C=O) groups is 1. The number of hydrogen-bond acceptors (Lipinski definition) is 2. The van der Waals surface area contributed by atoms with E-state index in [-0.39, 0.29) is 30.8 Å². The average Bonchev–Trinajstić information content (AvgIpc) is 2.35. The van der Waals surface area contributed by atoms with Crippen molar-refractivity contribution >= 4 is 18.4 Å². The molecule has 1 aromatic carbocycles. The minimum Gasteiger partial charge on any atom is -0.481 e. The highest BCUT2D eigenvalue weighted by atomic mass is 35.5. The Kier molecular flexibility index (Phi) is 5.83. The first-order valence-electron chi connectivity index (χ1n) is 6.07. The molecule has 1 heterocycles. The molecule has 2 N–H and O–H groups in total. The number of rotatable bonds is 3. The highest BCUT2D eigenvalue weighted by molar-refractivity contribution is 5.85. The van der Waals surface area contributed by atoms with Crippen molar-refractivity contribution in [2.24, 2.45) is 5.92 Å². The molecular formula is C13H15ClF3NO2. The van der Waals surface area contributed by atoms with Gasteiger partial charge in [-0.25, -0.2) is 13.2 Å². The third kappa shape index (κ3) is 3.86. The zero-order valence-corrected chi connectivity index (χ0v) is 11.4. The summed E-state index contributed by atoms with van der Waals surface area (Å²) in [6.07, 6.45) is 1.20. The van der Waals surface area contributed by atoms with Gasteiger partial charge >= 0.3 is 5.97 Å². The molecule has 1 aromatic rings. The third-order valence-electron chi connectivity index (χ3n) is 3.38. The fraction of sp³-hybridized carbons (Fsp3) is 0.462. The van der Waals surface area contributed by atoms with Crippen molar-refractivity contribution in [3.8, 4) is 0 Å². The van der Waals surface area contributed by atoms with Gasteiger partial charge in [-0.2, -0.15) is 0 Å². The maximum absolute atomic E-state index is 13.2. The summed E-state index contributed by atoms with van der Waals surface area (Å²) in [5.74, 6) is -4.86. The van der Waals surface area contributed by atoms with Gasteiger partial charge in [0, 0.05) is 12.5 Å². The molecule has 7 heteroatoms. The van der Waals surface area contributed by atoms with E-state index in [2.05, 4.69) is 5.32 Å². The molecule has 0 amide bonds. The number of carboxylic acid groups (broad SMARTS) is 1. The monoisotopic (exact) mass is 309 g/mol. The maximum atomic E-state index is 13.2. The lowest BCUT2D eigenvalue weighted by molar-refractivity contribution is -0.138. The van der Waals surface area contributed by atoms with Crippen molar-refractivity contribution in [2.45, 2.75) is 25.3 Å². The number of piperidine rings is 1. The maximum Gasteiger partial charge on any atom is 0.303 e. The summed E-state index contributed by atoms with van der Waals surface area (Å²) < 4.78 is 39.2. The standard InChI is InChI=1S/C13H14F3NO2.ClH/c14-9-5-8(6-10(15)13(9)16)11-3-7(1-2-17-11)4-12(18)19;/h5-7,11,17H,1-4H2,(H,18,19);1H. The van der Waals surface area contributed by atoms with Crippen LogP contribution in [0.3, 0.4) is 0 Å². The van der Waals surface area contributed by atoms with Crippen LogP contribution in [0.2, 0.25) is 0 Å². The number of benzene rings is 1. The van der Waals surface area contributed by atoms with Crippen molar-refractivity contribution in [2.75, 3.05) is 6.54 Å². The van der Waals surface area contributed by atoms with Crippen LogP contribution in [-0.4, -0.2) is 17.6 Å². The van der Waals surface area contributed by atoms with Crippen LogP contribution >= 0.6 is 12.4 Å². The van der Waals surface area contributed by atoms with Crippen LogP contribution in [0, 0.1) is 23.4 Å². The summed E-state index contributed by atoms with van der Waals surface area (Å²) in [5.41, 5.74) is 0.312. The summed E-state index contributed by atoms with van der Waals surface area (Å²) in [5, 5.41) is 11.8. The fourth-order valence-electron chi connectivity index (χ4n) is 2.46. The minimum absolute atomic E-state index is 0. The number of aliphatic carboxylic acids is 1. The van der Waals surface area contributed by atoms with Crippen LogP contribution in [0.5, 0.6) is 0 Å². The molecule has 0 bridgehead atoms. The van der Waals surface area contributed by atoms with Crippen molar-refractivity contribution in [1.29, 1.82) is 0 Å². The second kappa shape index (κ2) is 6.95. The molecule has 1 aliphatic heterocycles. The molecular weight excluding hydrogens is 295 g/mol. The third-order valence-corrected chi connectivity index (χ3v) is 3.38. The SMILES string of the molecule is Cl.O=C(O)CC1CCNC(c2cc(F)c(F)c(F)c2)C1. The topological polar surface area (TPSA) is 49.3 Å². The van der Waals surface area contributed by atoms with E-state index in [4.69, 9.17) is 5.11 Å². The Morgan fingerprint density at radius 3 is 2.45 bits per heavy atom. The number of hydrogen-bond donors (Lipinski definition) is 2. The summed E-state index contributed by atoms with van der Waals surface area (Å²) >= 11 is 0. The second-order valence-corrected chi connectivity index (χ2v) is 4.79. The van der Waals surface area contributed by atoms with Gasteiger partial charge in [-0.1, -0.05) is 0 Å². The van der Waals surface area contributed by atoms with Crippen molar-refractivity contribution in [3.63, 3.8) is 0 Å². The van der Waals surface area contributed by atoms with Gasteiger partial charge in [0.1, 0.15) is 0 Å². The average molecular weight is 310 g/mol. The van der Waals surface area contributed by atoms with Crippen LogP contribution in [0.25, 0.3) is 0 Å². The molecule has 0 aromatic heterocycles. The van der Waals surface area contributed by atoms with E-state index in [0.717, 1.165) is 12.1 Å². The first-order valence-corrected chi connectivity index (χ1v) is 6.07. The zero-order valence-electron chi connectivity index (χ0n) is 10.5. The molecule has 1 fully saturated rings. The Balaban J connectivity index is 0.00000200. The van der Waals surface area contributed by atoms with Gasteiger partial charge in [0.15, 0.2) is 17.5 Å². The van der Waals surface area contributed by atoms with Gasteiger partial charge in [-0.05, 0) is 43.0 Å². The minimum atomic E-state index is -1.48. The molecule has 0 aliphatic carbocycles. The Hall–Kier alpha value is -1.27. The number of halogens is 4. The van der Waals surface area contributed by atoms with E-state index < -0.39 is 23.4 Å². The second-order valence-electron chi connectivity index (χ2n) is 4.79. The largest absolute Gasteiger partial charge is 0.481 e. The lowest BCUT2D eigenvalue weighted by Crippen LogP contribution is -2.32. The van der Waals surface area contributed by atoms with Crippen molar-refractivity contribution in [1.82, 2.24) is 5.32 Å². The van der Waals surface area contributed by atoms with Gasteiger partial charge in [-0.15, -0.1) is 12.4 Å². The van der Waals surface area contributed by atoms with Gasteiger partial charge in [0.25, 0.3) is 0 Å². The molecule has 0 spiro atoms. The molecule has 3 nitrogen and oxygen atoms in total. The molecule has 1 saturated heterocycles. The molecule has 2 rings (SSSR count). The summed E-state index contributed by atoms with van der Waals surface area (Å²) in [4.78, 5) is 10.7. The van der Waals surface area contributed by atoms with Crippen molar-refractivity contribution in [3.05, 3.63) is 35.1 Å². The van der Waals surface area contributed by atoms with E-state index in [1.165, 1.54) is 0 Å². The van der Waals surface area contributed by atoms with Gasteiger partial charge in [-0.3, -0.25) is 4.79 Å². The summed E-state index contributed by atoms with van der Waals surface area (Å²) in [6.45, 7) is 0.573. The summed E-state index contributed by atoms with van der Waals surface area (Å²) in [6, 6.07) is 1.57. The Morgan fingerprint density at radius 1 is 1.30 bits per heavy atom. The zero-order chi connectivity index (χ0) is 14.0. The van der Waals surface area contributed by atoms with Gasteiger partial charge in [0.05, 0.1) is 0 Å². The molecule has 1 aliphatic rings. The quantitative estimate of drug-likeness (QED) is 0.844. The molecule has 0 radical (unpaired) electrons. The van der Waals surface area contributed by atoms with Crippen molar-refractivity contribution < 1.29 is 23.1 Å². The smallest absolute Gasteiger partial charge is 0.303 e. The Morgan fingerprint density at radius 2 is 1.90 bits per heavy atom. The Labute approximate surface area is 120 Å². The van der Waals surface area contributed by atoms with Crippen LogP contribution < -0.4 is 5.32 Å². The van der Waals surface area contributed by atoms with E-state index in [1.807, 2.05) is 0 Å². The highest BCUT2D eigenvalue weighted by Crippen LogP contribution is 2.30. The molecule has 0 saturated carbocycles. The van der Waals surface area contributed by atoms with Gasteiger partial charge < -0.3 is 10.4 Å². The van der Waals surface area contributed by atoms with Gasteiger partial charge in [0.2, 0.25) is 0 Å². The fourth-order valence-corrected chi connectivity index (χ4v) is 2.46. The van der Waals surface area contributed by atoms with E-state index in [9.17, 15) is 18.0 Å². The highest BCUT2D eigenvalue weighted by Gasteiger charge is 2.26. The number of carboxylic acids is 1. The normalized spacial score (nSPS) is 22.1. The molecule has 2 atom stereocenters. The van der Waals surface area contributed by atoms with Crippen LogP contribution in [0.15, 0.2) is 12.1 Å². The lowest BCUT2D eigenvalue weighted by Gasteiger charge is -2.30. The van der Waals surface area contributed by atoms with E-state index in [0.29, 0.717) is 24.9 Å². The van der Waals surface area contributed by atoms with E-state index >= 15 is 0 Å².